The minimum absolute atomic E-state index is 0.0269. The van der Waals surface area contributed by atoms with Crippen LogP contribution in [-0.4, -0.2) is 22.9 Å². The van der Waals surface area contributed by atoms with E-state index >= 15 is 0 Å². The molecule has 98 valence electrons. The molecule has 0 atom stereocenters. The first kappa shape index (κ1) is 14.1. The lowest BCUT2D eigenvalue weighted by atomic mass is 10.2. The summed E-state index contributed by atoms with van der Waals surface area (Å²) in [5.41, 5.74) is 0.730. The highest BCUT2D eigenvalue weighted by molar-refractivity contribution is 6.40. The van der Waals surface area contributed by atoms with Crippen molar-refractivity contribution in [2.75, 3.05) is 11.9 Å². The number of rotatable bonds is 2. The summed E-state index contributed by atoms with van der Waals surface area (Å²) < 4.78 is 0. The van der Waals surface area contributed by atoms with Crippen LogP contribution in [0.4, 0.5) is 5.69 Å². The molecule has 1 aromatic carbocycles. The van der Waals surface area contributed by atoms with Gasteiger partial charge in [-0.25, -0.2) is 9.97 Å². The second-order valence-electron chi connectivity index (χ2n) is 3.65. The van der Waals surface area contributed by atoms with Gasteiger partial charge in [-0.15, -0.1) is 0 Å². The lowest BCUT2D eigenvalue weighted by Gasteiger charge is -2.18. The molecule has 7 heteroatoms. The predicted octanol–water partition coefficient (Wildman–Crippen LogP) is 3.71. The van der Waals surface area contributed by atoms with Crippen LogP contribution in [0, 0.1) is 0 Å². The maximum absolute atomic E-state index is 12.3. The summed E-state index contributed by atoms with van der Waals surface area (Å²) >= 11 is 17.4. The van der Waals surface area contributed by atoms with Crippen LogP contribution < -0.4 is 4.90 Å². The molecule has 4 nitrogen and oxygen atoms in total. The number of benzene rings is 1. The quantitative estimate of drug-likeness (QED) is 0.626. The molecule has 1 amide bonds. The third kappa shape index (κ3) is 2.97. The minimum Gasteiger partial charge on any atom is -0.311 e. The molecule has 2 rings (SSSR count). The van der Waals surface area contributed by atoms with Gasteiger partial charge in [0.2, 0.25) is 5.28 Å². The standard InChI is InChI=1S/C12H8Cl3N3O/c1-18(7-5-3-2-4-6-7)11(19)8-9(13)16-12(15)17-10(8)14/h2-6H,1H3. The van der Waals surface area contributed by atoms with Crippen molar-refractivity contribution in [2.24, 2.45) is 0 Å². The van der Waals surface area contributed by atoms with Crippen molar-refractivity contribution in [2.45, 2.75) is 0 Å². The molecule has 0 saturated heterocycles. The molecule has 0 fully saturated rings. The van der Waals surface area contributed by atoms with E-state index < -0.39 is 5.91 Å². The number of hydrogen-bond acceptors (Lipinski definition) is 3. The van der Waals surface area contributed by atoms with Crippen LogP contribution in [0.5, 0.6) is 0 Å². The number of aromatic nitrogens is 2. The zero-order chi connectivity index (χ0) is 14.0. The molecule has 1 heterocycles. The lowest BCUT2D eigenvalue weighted by Crippen LogP contribution is -2.27. The van der Waals surface area contributed by atoms with Gasteiger partial charge in [0.25, 0.3) is 5.91 Å². The summed E-state index contributed by atoms with van der Waals surface area (Å²) in [6, 6.07) is 9.07. The van der Waals surface area contributed by atoms with E-state index in [4.69, 9.17) is 34.8 Å². The summed E-state index contributed by atoms with van der Waals surface area (Å²) in [6.45, 7) is 0. The molecule has 0 N–H and O–H groups in total. The Hall–Kier alpha value is -1.36. The molecule has 1 aromatic heterocycles. The number of halogens is 3. The Labute approximate surface area is 124 Å². The smallest absolute Gasteiger partial charge is 0.264 e. The first-order chi connectivity index (χ1) is 9.00. The van der Waals surface area contributed by atoms with Gasteiger partial charge in [0.05, 0.1) is 0 Å². The van der Waals surface area contributed by atoms with Gasteiger partial charge in [0.1, 0.15) is 15.9 Å². The van der Waals surface area contributed by atoms with Gasteiger partial charge >= 0.3 is 0 Å². The molecular weight excluding hydrogens is 309 g/mol. The van der Waals surface area contributed by atoms with Crippen LogP contribution in [0.15, 0.2) is 30.3 Å². The van der Waals surface area contributed by atoms with Crippen LogP contribution >= 0.6 is 34.8 Å². The highest BCUT2D eigenvalue weighted by Gasteiger charge is 2.22. The van der Waals surface area contributed by atoms with Crippen LogP contribution in [0.1, 0.15) is 10.4 Å². The molecule has 0 unspecified atom stereocenters. The number of carbonyl (C=O) groups is 1. The Morgan fingerprint density at radius 3 is 2.11 bits per heavy atom. The number of anilines is 1. The van der Waals surface area contributed by atoms with Crippen LogP contribution in [-0.2, 0) is 0 Å². The Kier molecular flexibility index (Phi) is 4.24. The summed E-state index contributed by atoms with van der Waals surface area (Å²) in [6.07, 6.45) is 0. The highest BCUT2D eigenvalue weighted by atomic mass is 35.5. The lowest BCUT2D eigenvalue weighted by molar-refractivity contribution is 0.0992. The third-order valence-corrected chi connectivity index (χ3v) is 3.17. The first-order valence-electron chi connectivity index (χ1n) is 5.22. The maximum atomic E-state index is 12.3. The summed E-state index contributed by atoms with van der Waals surface area (Å²) in [5.74, 6) is -0.405. The van der Waals surface area contributed by atoms with E-state index in [-0.39, 0.29) is 21.2 Å². The monoisotopic (exact) mass is 315 g/mol. The normalized spacial score (nSPS) is 10.3. The Morgan fingerprint density at radius 1 is 1.05 bits per heavy atom. The van der Waals surface area contributed by atoms with Crippen molar-refractivity contribution in [3.8, 4) is 0 Å². The Bertz CT molecular complexity index is 596. The van der Waals surface area contributed by atoms with E-state index in [1.165, 1.54) is 4.90 Å². The first-order valence-corrected chi connectivity index (χ1v) is 6.35. The van der Waals surface area contributed by atoms with Gasteiger partial charge in [-0.2, -0.15) is 0 Å². The highest BCUT2D eigenvalue weighted by Crippen LogP contribution is 2.25. The van der Waals surface area contributed by atoms with Gasteiger partial charge in [-0.1, -0.05) is 41.4 Å². The van der Waals surface area contributed by atoms with Crippen LogP contribution in [0.2, 0.25) is 15.6 Å². The average Bonchev–Trinajstić information content (AvgIpc) is 2.37. The van der Waals surface area contributed by atoms with E-state index in [9.17, 15) is 4.79 Å². The molecule has 0 aliphatic carbocycles. The van der Waals surface area contributed by atoms with Gasteiger partial charge in [0.15, 0.2) is 0 Å². The molecular formula is C12H8Cl3N3O. The van der Waals surface area contributed by atoms with Crippen molar-refractivity contribution >= 4 is 46.4 Å². The predicted molar refractivity (Wildman–Crippen MR) is 76.2 cm³/mol. The molecule has 0 saturated carbocycles. The van der Waals surface area contributed by atoms with Gasteiger partial charge in [-0.3, -0.25) is 4.79 Å². The maximum Gasteiger partial charge on any atom is 0.264 e. The fourth-order valence-corrected chi connectivity index (χ4v) is 2.30. The number of hydrogen-bond donors (Lipinski definition) is 0. The van der Waals surface area contributed by atoms with Crippen LogP contribution in [0.3, 0.4) is 0 Å². The average molecular weight is 317 g/mol. The van der Waals surface area contributed by atoms with Gasteiger partial charge < -0.3 is 4.90 Å². The van der Waals surface area contributed by atoms with Crippen molar-refractivity contribution in [3.63, 3.8) is 0 Å². The SMILES string of the molecule is CN(C(=O)c1c(Cl)nc(Cl)nc1Cl)c1ccccc1. The number of carbonyl (C=O) groups excluding carboxylic acids is 1. The van der Waals surface area contributed by atoms with Crippen molar-refractivity contribution in [1.82, 2.24) is 9.97 Å². The number of nitrogens with zero attached hydrogens (tertiary/aromatic N) is 3. The van der Waals surface area contributed by atoms with E-state index in [1.807, 2.05) is 18.2 Å². The van der Waals surface area contributed by atoms with Crippen LogP contribution in [0.25, 0.3) is 0 Å². The largest absolute Gasteiger partial charge is 0.311 e. The van der Waals surface area contributed by atoms with Crippen molar-refractivity contribution in [3.05, 3.63) is 51.5 Å². The summed E-state index contributed by atoms with van der Waals surface area (Å²) in [4.78, 5) is 21.2. The van der Waals surface area contributed by atoms with Crippen molar-refractivity contribution in [1.29, 1.82) is 0 Å². The minimum atomic E-state index is -0.405. The molecule has 0 aliphatic rings. The summed E-state index contributed by atoms with van der Waals surface area (Å²) in [7, 11) is 1.61. The van der Waals surface area contributed by atoms with E-state index in [1.54, 1.807) is 19.2 Å². The Morgan fingerprint density at radius 2 is 1.58 bits per heavy atom. The molecule has 2 aromatic rings. The van der Waals surface area contributed by atoms with Crippen molar-refractivity contribution < 1.29 is 4.79 Å². The van der Waals surface area contributed by atoms with Gasteiger partial charge in [-0.05, 0) is 23.7 Å². The Balaban J connectivity index is 2.40. The molecule has 0 bridgehead atoms. The topological polar surface area (TPSA) is 46.1 Å². The van der Waals surface area contributed by atoms with Gasteiger partial charge in [0, 0.05) is 12.7 Å². The number of amides is 1. The fraction of sp³-hybridized carbons (Fsp3) is 0.0833. The molecule has 0 aliphatic heterocycles. The second kappa shape index (κ2) is 5.74. The molecule has 19 heavy (non-hydrogen) atoms. The molecule has 0 spiro atoms. The fourth-order valence-electron chi connectivity index (χ4n) is 1.50. The number of para-hydroxylation sites is 1. The zero-order valence-corrected chi connectivity index (χ0v) is 12.0. The third-order valence-electron chi connectivity index (χ3n) is 2.46. The van der Waals surface area contributed by atoms with E-state index in [0.717, 1.165) is 0 Å². The summed E-state index contributed by atoms with van der Waals surface area (Å²) in [5, 5.41) is -0.246. The van der Waals surface area contributed by atoms with E-state index in [2.05, 4.69) is 9.97 Å². The second-order valence-corrected chi connectivity index (χ2v) is 4.70. The molecule has 0 radical (unpaired) electrons. The van der Waals surface area contributed by atoms with E-state index in [0.29, 0.717) is 5.69 Å². The zero-order valence-electron chi connectivity index (χ0n) is 9.77.